The van der Waals surface area contributed by atoms with Gasteiger partial charge in [-0.15, -0.1) is 0 Å². The van der Waals surface area contributed by atoms with Gasteiger partial charge in [0.25, 0.3) is 0 Å². The molecule has 0 saturated heterocycles. The molecule has 4 rings (SSSR count). The summed E-state index contributed by atoms with van der Waals surface area (Å²) in [5.41, 5.74) is 4.85. The molecule has 0 radical (unpaired) electrons. The standard InChI is InChI=1S/C24H19NO2/c1-16-10-6-9-15-21(16)27-24(26)22-17(2)23(18-11-4-3-5-12-18)25-20-14-8-7-13-19(20)22/h3-15H,1-2H3. The maximum Gasteiger partial charge on any atom is 0.344 e. The van der Waals surface area contributed by atoms with Gasteiger partial charge in [0, 0.05) is 10.9 Å². The quantitative estimate of drug-likeness (QED) is 0.348. The Morgan fingerprint density at radius 1 is 0.815 bits per heavy atom. The van der Waals surface area contributed by atoms with Crippen LogP contribution in [0, 0.1) is 13.8 Å². The number of carbonyl (C=O) groups excluding carboxylic acids is 1. The smallest absolute Gasteiger partial charge is 0.344 e. The molecular weight excluding hydrogens is 334 g/mol. The summed E-state index contributed by atoms with van der Waals surface area (Å²) in [6, 6.07) is 25.1. The van der Waals surface area contributed by atoms with Gasteiger partial charge in [-0.3, -0.25) is 0 Å². The minimum atomic E-state index is -0.363. The normalized spacial score (nSPS) is 10.7. The van der Waals surface area contributed by atoms with Gasteiger partial charge in [-0.25, -0.2) is 9.78 Å². The second-order valence-electron chi connectivity index (χ2n) is 6.50. The molecule has 0 fully saturated rings. The summed E-state index contributed by atoms with van der Waals surface area (Å²) in [5, 5.41) is 0.799. The van der Waals surface area contributed by atoms with Crippen LogP contribution in [0.4, 0.5) is 0 Å². The highest BCUT2D eigenvalue weighted by Crippen LogP contribution is 2.30. The molecule has 3 nitrogen and oxygen atoms in total. The molecule has 0 aliphatic heterocycles. The Hall–Kier alpha value is -3.46. The number of esters is 1. The number of carbonyl (C=O) groups is 1. The third-order valence-electron chi connectivity index (χ3n) is 4.68. The van der Waals surface area contributed by atoms with Gasteiger partial charge < -0.3 is 4.74 Å². The third-order valence-corrected chi connectivity index (χ3v) is 4.68. The maximum absolute atomic E-state index is 13.1. The van der Waals surface area contributed by atoms with E-state index in [1.165, 1.54) is 0 Å². The number of fused-ring (bicyclic) bond motifs is 1. The van der Waals surface area contributed by atoms with Gasteiger partial charge in [0.05, 0.1) is 16.8 Å². The van der Waals surface area contributed by atoms with Crippen LogP contribution in [0.25, 0.3) is 22.2 Å². The maximum atomic E-state index is 13.1. The van der Waals surface area contributed by atoms with Crippen molar-refractivity contribution in [3.63, 3.8) is 0 Å². The molecule has 0 spiro atoms. The van der Waals surface area contributed by atoms with E-state index in [-0.39, 0.29) is 5.97 Å². The Kier molecular flexibility index (Phi) is 4.43. The Labute approximate surface area is 158 Å². The molecule has 0 unspecified atom stereocenters. The average Bonchev–Trinajstić information content (AvgIpc) is 2.70. The lowest BCUT2D eigenvalue weighted by atomic mass is 9.98. The SMILES string of the molecule is Cc1ccccc1OC(=O)c1c(C)c(-c2ccccc2)nc2ccccc12. The first-order valence-electron chi connectivity index (χ1n) is 8.87. The van der Waals surface area contributed by atoms with Crippen LogP contribution in [0.5, 0.6) is 5.75 Å². The van der Waals surface area contributed by atoms with Crippen LogP contribution < -0.4 is 4.74 Å². The van der Waals surface area contributed by atoms with Gasteiger partial charge in [-0.1, -0.05) is 66.7 Å². The lowest BCUT2D eigenvalue weighted by Gasteiger charge is -2.14. The van der Waals surface area contributed by atoms with Crippen molar-refractivity contribution < 1.29 is 9.53 Å². The van der Waals surface area contributed by atoms with Crippen molar-refractivity contribution in [3.8, 4) is 17.0 Å². The molecule has 1 heterocycles. The molecule has 0 aliphatic carbocycles. The number of benzene rings is 3. The fraction of sp³-hybridized carbons (Fsp3) is 0.0833. The number of hydrogen-bond donors (Lipinski definition) is 0. The van der Waals surface area contributed by atoms with Crippen LogP contribution >= 0.6 is 0 Å². The Bertz CT molecular complexity index is 1130. The molecule has 0 bridgehead atoms. The summed E-state index contributed by atoms with van der Waals surface area (Å²) in [5.74, 6) is 0.210. The lowest BCUT2D eigenvalue weighted by Crippen LogP contribution is -2.13. The Morgan fingerprint density at radius 3 is 2.26 bits per heavy atom. The third kappa shape index (κ3) is 3.20. The van der Waals surface area contributed by atoms with Crippen molar-refractivity contribution in [1.82, 2.24) is 4.98 Å². The minimum absolute atomic E-state index is 0.363. The summed E-state index contributed by atoms with van der Waals surface area (Å²) in [4.78, 5) is 17.9. The number of aryl methyl sites for hydroxylation is 1. The number of nitrogens with zero attached hydrogens (tertiary/aromatic N) is 1. The Morgan fingerprint density at radius 2 is 1.48 bits per heavy atom. The molecule has 1 aromatic heterocycles. The van der Waals surface area contributed by atoms with E-state index in [1.54, 1.807) is 0 Å². The van der Waals surface area contributed by atoms with E-state index in [0.29, 0.717) is 11.3 Å². The minimum Gasteiger partial charge on any atom is -0.423 e. The zero-order chi connectivity index (χ0) is 18.8. The highest BCUT2D eigenvalue weighted by molar-refractivity contribution is 6.07. The molecule has 0 amide bonds. The number of aromatic nitrogens is 1. The van der Waals surface area contributed by atoms with Crippen LogP contribution in [-0.4, -0.2) is 11.0 Å². The monoisotopic (exact) mass is 353 g/mol. The topological polar surface area (TPSA) is 39.2 Å². The van der Waals surface area contributed by atoms with E-state index in [2.05, 4.69) is 0 Å². The molecule has 3 heteroatoms. The highest BCUT2D eigenvalue weighted by Gasteiger charge is 2.20. The van der Waals surface area contributed by atoms with Crippen molar-refractivity contribution in [2.45, 2.75) is 13.8 Å². The highest BCUT2D eigenvalue weighted by atomic mass is 16.5. The van der Waals surface area contributed by atoms with Crippen LogP contribution in [0.1, 0.15) is 21.5 Å². The van der Waals surface area contributed by atoms with Gasteiger partial charge in [-0.2, -0.15) is 0 Å². The molecule has 27 heavy (non-hydrogen) atoms. The summed E-state index contributed by atoms with van der Waals surface area (Å²) >= 11 is 0. The second kappa shape index (κ2) is 7.04. The van der Waals surface area contributed by atoms with E-state index < -0.39 is 0 Å². The number of rotatable bonds is 3. The van der Waals surface area contributed by atoms with Crippen LogP contribution in [0.2, 0.25) is 0 Å². The zero-order valence-electron chi connectivity index (χ0n) is 15.3. The van der Waals surface area contributed by atoms with Crippen molar-refractivity contribution in [1.29, 1.82) is 0 Å². The first kappa shape index (κ1) is 17.0. The van der Waals surface area contributed by atoms with Crippen molar-refractivity contribution >= 4 is 16.9 Å². The molecule has 0 N–H and O–H groups in total. The Balaban J connectivity index is 1.89. The molecule has 132 valence electrons. The molecule has 0 saturated carbocycles. The van der Waals surface area contributed by atoms with Crippen molar-refractivity contribution in [2.24, 2.45) is 0 Å². The fourth-order valence-corrected chi connectivity index (χ4v) is 3.27. The summed E-state index contributed by atoms with van der Waals surface area (Å²) in [6.07, 6.45) is 0. The average molecular weight is 353 g/mol. The van der Waals surface area contributed by atoms with E-state index >= 15 is 0 Å². The molecule has 0 atom stereocenters. The predicted octanol–water partition coefficient (Wildman–Crippen LogP) is 5.74. The number of hydrogen-bond acceptors (Lipinski definition) is 3. The van der Waals surface area contributed by atoms with E-state index in [9.17, 15) is 4.79 Å². The summed E-state index contributed by atoms with van der Waals surface area (Å²) in [6.45, 7) is 3.85. The first-order valence-corrected chi connectivity index (χ1v) is 8.87. The van der Waals surface area contributed by atoms with Crippen LogP contribution in [-0.2, 0) is 0 Å². The fourth-order valence-electron chi connectivity index (χ4n) is 3.27. The second-order valence-corrected chi connectivity index (χ2v) is 6.50. The summed E-state index contributed by atoms with van der Waals surface area (Å²) in [7, 11) is 0. The van der Waals surface area contributed by atoms with Gasteiger partial charge in [0.15, 0.2) is 0 Å². The molecular formula is C24H19NO2. The molecule has 3 aromatic carbocycles. The van der Waals surface area contributed by atoms with E-state index in [1.807, 2.05) is 92.7 Å². The number of para-hydroxylation sites is 2. The van der Waals surface area contributed by atoms with Crippen molar-refractivity contribution in [2.75, 3.05) is 0 Å². The van der Waals surface area contributed by atoms with Gasteiger partial charge in [0.1, 0.15) is 5.75 Å². The number of pyridine rings is 1. The van der Waals surface area contributed by atoms with Crippen molar-refractivity contribution in [3.05, 3.63) is 95.6 Å². The number of ether oxygens (including phenoxy) is 1. The molecule has 4 aromatic rings. The van der Waals surface area contributed by atoms with Gasteiger partial charge in [0.2, 0.25) is 0 Å². The van der Waals surface area contributed by atoms with E-state index in [0.717, 1.165) is 33.3 Å². The summed E-state index contributed by atoms with van der Waals surface area (Å²) < 4.78 is 5.74. The largest absolute Gasteiger partial charge is 0.423 e. The van der Waals surface area contributed by atoms with Crippen LogP contribution in [0.15, 0.2) is 78.9 Å². The lowest BCUT2D eigenvalue weighted by molar-refractivity contribution is 0.0735. The van der Waals surface area contributed by atoms with Gasteiger partial charge >= 0.3 is 5.97 Å². The first-order chi connectivity index (χ1) is 13.1. The van der Waals surface area contributed by atoms with Crippen LogP contribution in [0.3, 0.4) is 0 Å². The van der Waals surface area contributed by atoms with E-state index in [4.69, 9.17) is 9.72 Å². The molecule has 0 aliphatic rings. The predicted molar refractivity (Wildman–Crippen MR) is 108 cm³/mol. The zero-order valence-corrected chi connectivity index (χ0v) is 15.3. The van der Waals surface area contributed by atoms with Gasteiger partial charge in [-0.05, 0) is 37.1 Å².